The molecule has 158 valence electrons. The number of halogens is 2. The van der Waals surface area contributed by atoms with E-state index >= 15 is 0 Å². The van der Waals surface area contributed by atoms with Crippen molar-refractivity contribution in [2.24, 2.45) is 0 Å². The minimum atomic E-state index is -1.06. The fourth-order valence-corrected chi connectivity index (χ4v) is 4.72. The zero-order chi connectivity index (χ0) is 21.1. The summed E-state index contributed by atoms with van der Waals surface area (Å²) in [5, 5.41) is 9.83. The molecule has 3 unspecified atom stereocenters. The van der Waals surface area contributed by atoms with E-state index in [0.29, 0.717) is 12.1 Å². The molecular formula is C22H28ClFN2O3. The van der Waals surface area contributed by atoms with Gasteiger partial charge in [-0.1, -0.05) is 23.7 Å². The normalized spacial score (nSPS) is 25.4. The Morgan fingerprint density at radius 1 is 1.41 bits per heavy atom. The summed E-state index contributed by atoms with van der Waals surface area (Å²) in [6.07, 6.45) is 6.02. The fourth-order valence-electron chi connectivity index (χ4n) is 4.33. The van der Waals surface area contributed by atoms with E-state index in [9.17, 15) is 14.3 Å². The number of aliphatic carboxylic acids is 1. The first-order valence-corrected chi connectivity index (χ1v) is 10.3. The lowest BCUT2D eigenvalue weighted by molar-refractivity contribution is -0.132. The van der Waals surface area contributed by atoms with E-state index in [0.717, 1.165) is 31.2 Å². The number of ether oxygens (including phenoxy) is 1. The second-order valence-electron chi connectivity index (χ2n) is 7.84. The third-order valence-corrected chi connectivity index (χ3v) is 6.36. The molecule has 1 aromatic rings. The van der Waals surface area contributed by atoms with E-state index in [1.807, 2.05) is 24.1 Å². The van der Waals surface area contributed by atoms with Gasteiger partial charge >= 0.3 is 5.97 Å². The fraction of sp³-hybridized carbons (Fsp3) is 0.500. The van der Waals surface area contributed by atoms with Gasteiger partial charge in [-0.2, -0.15) is 0 Å². The number of carboxylic acid groups (broad SMARTS) is 1. The van der Waals surface area contributed by atoms with E-state index in [2.05, 4.69) is 4.90 Å². The van der Waals surface area contributed by atoms with Gasteiger partial charge in [0.2, 0.25) is 0 Å². The highest BCUT2D eigenvalue weighted by atomic mass is 35.5. The summed E-state index contributed by atoms with van der Waals surface area (Å²) in [6.45, 7) is 2.08. The van der Waals surface area contributed by atoms with Gasteiger partial charge in [0.15, 0.2) is 0 Å². The lowest BCUT2D eigenvalue weighted by atomic mass is 9.91. The first-order chi connectivity index (χ1) is 13.8. The van der Waals surface area contributed by atoms with E-state index in [-0.39, 0.29) is 34.9 Å². The van der Waals surface area contributed by atoms with Crippen molar-refractivity contribution in [3.8, 4) is 0 Å². The molecular weight excluding hydrogens is 395 g/mol. The highest BCUT2D eigenvalue weighted by Gasteiger charge is 2.36. The maximum absolute atomic E-state index is 13.7. The summed E-state index contributed by atoms with van der Waals surface area (Å²) >= 11 is 6.60. The molecule has 1 heterocycles. The molecule has 1 aromatic carbocycles. The third-order valence-electron chi connectivity index (χ3n) is 5.95. The summed E-state index contributed by atoms with van der Waals surface area (Å²) in [5.41, 5.74) is 1.46. The van der Waals surface area contributed by atoms with Gasteiger partial charge in [0.05, 0.1) is 11.7 Å². The van der Waals surface area contributed by atoms with Crippen molar-refractivity contribution in [3.05, 3.63) is 58.0 Å². The maximum atomic E-state index is 13.7. The Morgan fingerprint density at radius 3 is 2.83 bits per heavy atom. The molecule has 0 amide bonds. The summed E-state index contributed by atoms with van der Waals surface area (Å²) in [6, 6.07) is 6.59. The number of rotatable bonds is 6. The Hall–Kier alpha value is -1.89. The maximum Gasteiger partial charge on any atom is 0.339 e. The lowest BCUT2D eigenvalue weighted by Crippen LogP contribution is -2.52. The number of likely N-dealkylation sites (N-methyl/N-ethyl adjacent to an activating group) is 1. The number of carboxylic acids is 1. The van der Waals surface area contributed by atoms with E-state index in [1.54, 1.807) is 20.1 Å². The van der Waals surface area contributed by atoms with Crippen LogP contribution in [0.2, 0.25) is 0 Å². The number of benzene rings is 1. The minimum Gasteiger partial charge on any atom is -0.478 e. The Balaban J connectivity index is 1.93. The molecule has 0 spiro atoms. The Morgan fingerprint density at radius 2 is 2.17 bits per heavy atom. The summed E-state index contributed by atoms with van der Waals surface area (Å²) in [4.78, 5) is 15.9. The van der Waals surface area contributed by atoms with Crippen molar-refractivity contribution in [2.75, 3.05) is 14.2 Å². The van der Waals surface area contributed by atoms with E-state index in [4.69, 9.17) is 16.3 Å². The highest BCUT2D eigenvalue weighted by molar-refractivity contribution is 6.31. The average Bonchev–Trinajstić information content (AvgIpc) is 2.69. The molecule has 2 aliphatic rings. The Labute approximate surface area is 176 Å². The Kier molecular flexibility index (Phi) is 6.98. The van der Waals surface area contributed by atoms with Gasteiger partial charge in [0.1, 0.15) is 17.1 Å². The number of hydrogen-bond donors (Lipinski definition) is 1. The molecule has 1 aliphatic heterocycles. The molecule has 29 heavy (non-hydrogen) atoms. The molecule has 5 nitrogen and oxygen atoms in total. The molecule has 1 fully saturated rings. The molecule has 0 radical (unpaired) electrons. The van der Waals surface area contributed by atoms with Crippen molar-refractivity contribution < 1.29 is 19.0 Å². The van der Waals surface area contributed by atoms with Gasteiger partial charge in [-0.25, -0.2) is 9.18 Å². The van der Waals surface area contributed by atoms with Gasteiger partial charge in [-0.15, -0.1) is 0 Å². The summed E-state index contributed by atoms with van der Waals surface area (Å²) in [5.74, 6) is -1.39. The quantitative estimate of drug-likeness (QED) is 0.691. The first kappa shape index (κ1) is 21.8. The molecule has 3 rings (SSSR count). The van der Waals surface area contributed by atoms with Gasteiger partial charge in [0.25, 0.3) is 0 Å². The number of nitrogens with zero attached hydrogens (tertiary/aromatic N) is 2. The smallest absolute Gasteiger partial charge is 0.339 e. The van der Waals surface area contributed by atoms with Crippen LogP contribution in [0.25, 0.3) is 0 Å². The molecule has 0 aromatic heterocycles. The molecule has 1 N–H and O–H groups in total. The van der Waals surface area contributed by atoms with Crippen LogP contribution in [-0.4, -0.2) is 53.3 Å². The Bertz CT molecular complexity index is 826. The van der Waals surface area contributed by atoms with E-state index < -0.39 is 5.97 Å². The molecule has 0 saturated heterocycles. The predicted octanol–water partition coefficient (Wildman–Crippen LogP) is 4.34. The van der Waals surface area contributed by atoms with Gasteiger partial charge in [-0.3, -0.25) is 4.90 Å². The van der Waals surface area contributed by atoms with Crippen LogP contribution in [0.1, 0.15) is 38.2 Å². The van der Waals surface area contributed by atoms with Gasteiger partial charge < -0.3 is 14.7 Å². The monoisotopic (exact) mass is 422 g/mol. The molecule has 1 aliphatic carbocycles. The lowest BCUT2D eigenvalue weighted by Gasteiger charge is -2.45. The van der Waals surface area contributed by atoms with Crippen LogP contribution in [0, 0.1) is 5.82 Å². The number of methoxy groups -OCH3 is 1. The standard InChI is InChI=1S/C22H28ClFN2O3/c1-14-10-19(25(2)17-8-5-9-18(12-17)29-3)26(21(23)20(14)22(27)28)13-15-6-4-7-16(24)11-15/h4,6-7,10-11,17-19H,5,8-9,12-13H2,1-3H3,(H,27,28). The van der Waals surface area contributed by atoms with Crippen molar-refractivity contribution in [1.29, 1.82) is 0 Å². The predicted molar refractivity (Wildman–Crippen MR) is 111 cm³/mol. The van der Waals surface area contributed by atoms with Crippen molar-refractivity contribution >= 4 is 17.6 Å². The van der Waals surface area contributed by atoms with Crippen LogP contribution < -0.4 is 0 Å². The van der Waals surface area contributed by atoms with Crippen LogP contribution >= 0.6 is 11.6 Å². The molecule has 7 heteroatoms. The second-order valence-corrected chi connectivity index (χ2v) is 8.19. The topological polar surface area (TPSA) is 53.0 Å². The SMILES string of the molecule is COC1CCCC(N(C)C2C=C(C)C(C(=O)O)=C(Cl)N2Cc2cccc(F)c2)C1. The zero-order valence-corrected chi connectivity index (χ0v) is 17.8. The van der Waals surface area contributed by atoms with Gasteiger partial charge in [0, 0.05) is 19.7 Å². The average molecular weight is 423 g/mol. The number of hydrogen-bond acceptors (Lipinski definition) is 4. The van der Waals surface area contributed by atoms with Crippen LogP contribution in [0.5, 0.6) is 0 Å². The minimum absolute atomic E-state index is 0.0890. The van der Waals surface area contributed by atoms with Crippen molar-refractivity contribution in [3.63, 3.8) is 0 Å². The van der Waals surface area contributed by atoms with Crippen LogP contribution in [0.15, 0.2) is 46.6 Å². The van der Waals surface area contributed by atoms with Crippen molar-refractivity contribution in [2.45, 2.75) is 57.5 Å². The zero-order valence-electron chi connectivity index (χ0n) is 17.1. The van der Waals surface area contributed by atoms with Crippen LogP contribution in [0.4, 0.5) is 4.39 Å². The highest BCUT2D eigenvalue weighted by Crippen LogP contribution is 2.35. The van der Waals surface area contributed by atoms with Crippen LogP contribution in [0.3, 0.4) is 0 Å². The van der Waals surface area contributed by atoms with Crippen molar-refractivity contribution in [1.82, 2.24) is 9.80 Å². The summed E-state index contributed by atoms with van der Waals surface area (Å²) < 4.78 is 19.3. The third kappa shape index (κ3) is 4.82. The molecule has 3 atom stereocenters. The second kappa shape index (κ2) is 9.28. The molecule has 1 saturated carbocycles. The number of carbonyl (C=O) groups is 1. The van der Waals surface area contributed by atoms with E-state index in [1.165, 1.54) is 12.1 Å². The van der Waals surface area contributed by atoms with Gasteiger partial charge in [-0.05, 0) is 69.0 Å². The first-order valence-electron chi connectivity index (χ1n) is 9.89. The molecule has 0 bridgehead atoms. The largest absolute Gasteiger partial charge is 0.478 e. The summed E-state index contributed by atoms with van der Waals surface area (Å²) in [7, 11) is 3.78. The van der Waals surface area contributed by atoms with Crippen LogP contribution in [-0.2, 0) is 16.1 Å².